The van der Waals surface area contributed by atoms with E-state index in [4.69, 9.17) is 19.2 Å². The number of carboxylic acid groups (broad SMARTS) is 1. The van der Waals surface area contributed by atoms with E-state index < -0.39 is 5.97 Å². The molecular weight excluding hydrogens is 568 g/mol. The maximum absolute atomic E-state index is 11.8. The molecule has 1 N–H and O–H groups in total. The van der Waals surface area contributed by atoms with Gasteiger partial charge < -0.3 is 19.3 Å². The van der Waals surface area contributed by atoms with Crippen LogP contribution in [-0.4, -0.2) is 63.1 Å². The highest BCUT2D eigenvalue weighted by Gasteiger charge is 2.27. The first-order valence-corrected chi connectivity index (χ1v) is 16.2. The molecule has 2 aromatic heterocycles. The zero-order valence-corrected chi connectivity index (χ0v) is 27.3. The molecule has 0 saturated carbocycles. The van der Waals surface area contributed by atoms with E-state index in [1.807, 2.05) is 25.1 Å². The summed E-state index contributed by atoms with van der Waals surface area (Å²) in [5.74, 6) is 0.335. The van der Waals surface area contributed by atoms with Crippen LogP contribution in [-0.2, 0) is 35.5 Å². The van der Waals surface area contributed by atoms with E-state index in [0.717, 1.165) is 75.3 Å². The van der Waals surface area contributed by atoms with E-state index in [9.17, 15) is 9.90 Å². The Morgan fingerprint density at radius 1 is 1.16 bits per heavy atom. The van der Waals surface area contributed by atoms with E-state index in [0.29, 0.717) is 30.8 Å². The minimum Gasteiger partial charge on any atom is -0.488 e. The maximum Gasteiger partial charge on any atom is 0.342 e. The molecule has 45 heavy (non-hydrogen) atoms. The van der Waals surface area contributed by atoms with Gasteiger partial charge in [0.1, 0.15) is 17.9 Å². The fraction of sp³-hybridized carbons (Fsp3) is 0.472. The van der Waals surface area contributed by atoms with E-state index in [-0.39, 0.29) is 11.4 Å². The van der Waals surface area contributed by atoms with Gasteiger partial charge in [0, 0.05) is 37.9 Å². The van der Waals surface area contributed by atoms with Crippen molar-refractivity contribution in [2.24, 2.45) is 0 Å². The van der Waals surface area contributed by atoms with Gasteiger partial charge >= 0.3 is 5.97 Å². The Kier molecular flexibility index (Phi) is 10.7. The molecule has 0 amide bonds. The van der Waals surface area contributed by atoms with Gasteiger partial charge in [-0.1, -0.05) is 38.1 Å². The summed E-state index contributed by atoms with van der Waals surface area (Å²) < 4.78 is 19.4. The zero-order chi connectivity index (χ0) is 31.9. The van der Waals surface area contributed by atoms with Gasteiger partial charge in [-0.15, -0.1) is 0 Å². The lowest BCUT2D eigenvalue weighted by Gasteiger charge is -2.38. The van der Waals surface area contributed by atoms with Crippen LogP contribution in [0.4, 0.5) is 0 Å². The molecule has 0 atom stereocenters. The predicted molar refractivity (Wildman–Crippen MR) is 175 cm³/mol. The number of hydrogen-bond donors (Lipinski definition) is 1. The molecule has 3 aromatic rings. The predicted octanol–water partition coefficient (Wildman–Crippen LogP) is 6.77. The molecule has 240 valence electrons. The third-order valence-corrected chi connectivity index (χ3v) is 9.00. The van der Waals surface area contributed by atoms with Gasteiger partial charge in [0.15, 0.2) is 5.82 Å². The second kappa shape index (κ2) is 14.9. The first kappa shape index (κ1) is 32.4. The molecule has 9 heteroatoms. The number of fused-ring (bicyclic) bond motifs is 1. The number of benzene rings is 1. The lowest BCUT2D eigenvalue weighted by Crippen LogP contribution is -2.42. The summed E-state index contributed by atoms with van der Waals surface area (Å²) in [7, 11) is 0. The summed E-state index contributed by atoms with van der Waals surface area (Å²) >= 11 is 0. The lowest BCUT2D eigenvalue weighted by molar-refractivity contribution is 0.0290. The molecule has 0 spiro atoms. The van der Waals surface area contributed by atoms with E-state index in [1.54, 1.807) is 13.0 Å². The van der Waals surface area contributed by atoms with Crippen LogP contribution < -0.4 is 4.74 Å². The molecule has 4 heterocycles. The minimum absolute atomic E-state index is 0.00544. The number of carboxylic acids is 1. The number of carbonyl (C=O) groups is 1. The maximum atomic E-state index is 11.8. The summed E-state index contributed by atoms with van der Waals surface area (Å²) in [5, 5.41) is 13.9. The van der Waals surface area contributed by atoms with Crippen molar-refractivity contribution in [2.45, 2.75) is 85.9 Å². The standard InChI is InChI=1S/C36H46N4O5/c1-6-24(5)34(29(8-3)32-11-10-12-33(38-32)40-35(44-9-4)31(21-37-40)36(41)42)45-23-26-14-13-25-22-39(27-16-19-43-20-17-27)18-15-30(25)28(26)7-2/h8,10-14,21,27H,6-7,9,15-20,22-23H2,1-5H3,(H,41,42)/b29-8-,34-24+. The Hall–Kier alpha value is -3.95. The quantitative estimate of drug-likeness (QED) is 0.176. The molecule has 0 aliphatic carbocycles. The molecule has 0 radical (unpaired) electrons. The highest BCUT2D eigenvalue weighted by Crippen LogP contribution is 2.33. The average molecular weight is 615 g/mol. The summed E-state index contributed by atoms with van der Waals surface area (Å²) in [4.78, 5) is 19.3. The van der Waals surface area contributed by atoms with E-state index in [2.05, 4.69) is 42.9 Å². The van der Waals surface area contributed by atoms with Crippen molar-refractivity contribution in [3.05, 3.63) is 87.4 Å². The van der Waals surface area contributed by atoms with Crippen molar-refractivity contribution in [1.82, 2.24) is 19.7 Å². The van der Waals surface area contributed by atoms with Gasteiger partial charge in [0.25, 0.3) is 0 Å². The molecule has 1 aromatic carbocycles. The van der Waals surface area contributed by atoms with E-state index >= 15 is 0 Å². The first-order chi connectivity index (χ1) is 21.9. The smallest absolute Gasteiger partial charge is 0.342 e. The van der Waals surface area contributed by atoms with Crippen LogP contribution in [0, 0.1) is 0 Å². The number of pyridine rings is 1. The second-order valence-corrected chi connectivity index (χ2v) is 11.6. The number of aromatic nitrogens is 3. The zero-order valence-electron chi connectivity index (χ0n) is 27.3. The highest BCUT2D eigenvalue weighted by molar-refractivity contribution is 5.90. The third kappa shape index (κ3) is 6.99. The van der Waals surface area contributed by atoms with Crippen molar-refractivity contribution in [2.75, 3.05) is 26.4 Å². The fourth-order valence-electron chi connectivity index (χ4n) is 6.49. The molecular formula is C36H46N4O5. The Morgan fingerprint density at radius 2 is 1.96 bits per heavy atom. The van der Waals surface area contributed by atoms with Gasteiger partial charge in [-0.25, -0.2) is 9.78 Å². The van der Waals surface area contributed by atoms with Crippen molar-refractivity contribution in [1.29, 1.82) is 0 Å². The van der Waals surface area contributed by atoms with Gasteiger partial charge in [-0.05, 0) is 92.8 Å². The molecule has 0 bridgehead atoms. The van der Waals surface area contributed by atoms with Crippen molar-refractivity contribution < 1.29 is 24.1 Å². The van der Waals surface area contributed by atoms with Crippen LogP contribution in [0.15, 0.2) is 53.9 Å². The Bertz CT molecular complexity index is 1570. The minimum atomic E-state index is -1.10. The Balaban J connectivity index is 1.40. The number of aromatic carboxylic acids is 1. The molecule has 2 aliphatic heterocycles. The SMILES string of the molecule is C/C=C(\C(OCc1ccc2c(c1CC)CCN(C1CCOCC1)C2)=C(\C)CC)c1cccc(-n2ncc(C(=O)O)c2OCC)n1. The summed E-state index contributed by atoms with van der Waals surface area (Å²) in [5.41, 5.74) is 8.28. The third-order valence-electron chi connectivity index (χ3n) is 9.00. The number of rotatable bonds is 12. The number of nitrogens with zero attached hydrogens (tertiary/aromatic N) is 4. The lowest BCUT2D eigenvalue weighted by atomic mass is 9.88. The van der Waals surface area contributed by atoms with Crippen LogP contribution in [0.3, 0.4) is 0 Å². The highest BCUT2D eigenvalue weighted by atomic mass is 16.5. The number of hydrogen-bond acceptors (Lipinski definition) is 7. The first-order valence-electron chi connectivity index (χ1n) is 16.2. The molecule has 9 nitrogen and oxygen atoms in total. The van der Waals surface area contributed by atoms with Crippen LogP contribution >= 0.6 is 0 Å². The normalized spacial score (nSPS) is 16.7. The van der Waals surface area contributed by atoms with Crippen molar-refractivity contribution in [3.8, 4) is 11.7 Å². The summed E-state index contributed by atoms with van der Waals surface area (Å²) in [6.45, 7) is 14.9. The van der Waals surface area contributed by atoms with Crippen molar-refractivity contribution in [3.63, 3.8) is 0 Å². The second-order valence-electron chi connectivity index (χ2n) is 11.6. The van der Waals surface area contributed by atoms with Crippen LogP contribution in [0.25, 0.3) is 11.4 Å². The van der Waals surface area contributed by atoms with Crippen molar-refractivity contribution >= 4 is 11.5 Å². The Labute approximate surface area is 266 Å². The largest absolute Gasteiger partial charge is 0.488 e. The van der Waals surface area contributed by atoms with Crippen LogP contribution in [0.5, 0.6) is 5.88 Å². The average Bonchev–Trinajstić information content (AvgIpc) is 3.50. The molecule has 2 aliphatic rings. The van der Waals surface area contributed by atoms with Gasteiger partial charge in [-0.3, -0.25) is 4.90 Å². The summed E-state index contributed by atoms with van der Waals surface area (Å²) in [6.07, 6.45) is 8.42. The molecule has 5 rings (SSSR count). The number of allylic oxidation sites excluding steroid dienone is 3. The molecule has 1 saturated heterocycles. The molecule has 1 fully saturated rings. The monoisotopic (exact) mass is 614 g/mol. The van der Waals surface area contributed by atoms with Crippen LogP contribution in [0.1, 0.15) is 92.2 Å². The summed E-state index contributed by atoms with van der Waals surface area (Å²) in [6, 6.07) is 10.8. The Morgan fingerprint density at radius 3 is 2.64 bits per heavy atom. The van der Waals surface area contributed by atoms with Crippen LogP contribution in [0.2, 0.25) is 0 Å². The van der Waals surface area contributed by atoms with Gasteiger partial charge in [-0.2, -0.15) is 9.78 Å². The molecule has 0 unspecified atom stereocenters. The van der Waals surface area contributed by atoms with Gasteiger partial charge in [0.05, 0.1) is 18.5 Å². The number of ether oxygens (including phenoxy) is 3. The fourth-order valence-corrected chi connectivity index (χ4v) is 6.49. The topological polar surface area (TPSA) is 98.9 Å². The van der Waals surface area contributed by atoms with Gasteiger partial charge in [0.2, 0.25) is 5.88 Å². The van der Waals surface area contributed by atoms with E-state index in [1.165, 1.54) is 33.1 Å².